The molecule has 24 heavy (non-hydrogen) atoms. The van der Waals surface area contributed by atoms with Gasteiger partial charge in [-0.3, -0.25) is 0 Å². The van der Waals surface area contributed by atoms with Crippen molar-refractivity contribution in [2.24, 2.45) is 0 Å². The van der Waals surface area contributed by atoms with Gasteiger partial charge in [0.15, 0.2) is 11.1 Å². The third-order valence-corrected chi connectivity index (χ3v) is 4.30. The number of aryl methyl sites for hydroxylation is 1. The Morgan fingerprint density at radius 2 is 1.54 bits per heavy atom. The molecule has 1 heterocycles. The number of nitrogens with zero attached hydrogens (tertiary/aromatic N) is 1. The summed E-state index contributed by atoms with van der Waals surface area (Å²) in [7, 11) is 0. The number of piperidine rings is 1. The number of benzene rings is 1. The summed E-state index contributed by atoms with van der Waals surface area (Å²) in [5.74, 6) is 1.04. The quantitative estimate of drug-likeness (QED) is 0.545. The van der Waals surface area contributed by atoms with Crippen LogP contribution in [-0.2, 0) is 11.1 Å². The largest absolute Gasteiger partial charge is 0.303 e. The molecule has 1 N–H and O–H groups in total. The van der Waals surface area contributed by atoms with Gasteiger partial charge in [-0.1, -0.05) is 51.8 Å². The van der Waals surface area contributed by atoms with Crippen LogP contribution in [0.2, 0.25) is 0 Å². The van der Waals surface area contributed by atoms with Crippen molar-refractivity contribution in [2.75, 3.05) is 25.4 Å². The minimum Gasteiger partial charge on any atom is -0.303 e. The Hall–Kier alpha value is -0.360. The van der Waals surface area contributed by atoms with E-state index in [0.29, 0.717) is 4.90 Å². The maximum Gasteiger partial charge on any atom is 0.186 e. The lowest BCUT2D eigenvalue weighted by molar-refractivity contribution is 0.230. The molecule has 3 nitrogen and oxygen atoms in total. The molecular formula is C19H37NO2S2. The van der Waals surface area contributed by atoms with Gasteiger partial charge in [-0.15, -0.1) is 0 Å². The first-order valence-corrected chi connectivity index (χ1v) is 10.9. The van der Waals surface area contributed by atoms with Crippen molar-refractivity contribution in [3.8, 4) is 0 Å². The molecular weight excluding hydrogens is 338 g/mol. The molecule has 0 aromatic heterocycles. The summed E-state index contributed by atoms with van der Waals surface area (Å²) < 4.78 is 19.0. The van der Waals surface area contributed by atoms with Gasteiger partial charge in [0.25, 0.3) is 0 Å². The Labute approximate surface area is 157 Å². The fourth-order valence-electron chi connectivity index (χ4n) is 2.13. The summed E-state index contributed by atoms with van der Waals surface area (Å²) in [5, 5.41) is 0. The molecule has 1 aromatic rings. The monoisotopic (exact) mass is 375 g/mol. The van der Waals surface area contributed by atoms with Gasteiger partial charge in [0.1, 0.15) is 0 Å². The van der Waals surface area contributed by atoms with Gasteiger partial charge in [0.2, 0.25) is 0 Å². The predicted molar refractivity (Wildman–Crippen MR) is 112 cm³/mol. The van der Waals surface area contributed by atoms with E-state index in [1.54, 1.807) is 12.1 Å². The smallest absolute Gasteiger partial charge is 0.186 e. The lowest BCUT2D eigenvalue weighted by atomic mass is 10.1. The molecule has 0 radical (unpaired) electrons. The number of thiol groups is 1. The van der Waals surface area contributed by atoms with Gasteiger partial charge in [-0.05, 0) is 63.7 Å². The third-order valence-electron chi connectivity index (χ3n) is 3.30. The predicted octanol–water partition coefficient (Wildman–Crippen LogP) is 5.42. The van der Waals surface area contributed by atoms with Crippen LogP contribution >= 0.6 is 12.6 Å². The molecule has 0 amide bonds. The second-order valence-electron chi connectivity index (χ2n) is 5.04. The fraction of sp³-hybridized carbons (Fsp3) is 0.684. The highest BCUT2D eigenvalue weighted by Gasteiger charge is 2.07. The molecule has 0 bridgehead atoms. The fourth-order valence-corrected chi connectivity index (χ4v) is 2.64. The van der Waals surface area contributed by atoms with E-state index in [9.17, 15) is 4.21 Å². The molecule has 1 unspecified atom stereocenters. The van der Waals surface area contributed by atoms with E-state index in [-0.39, 0.29) is 0 Å². The van der Waals surface area contributed by atoms with E-state index in [1.807, 2.05) is 46.8 Å². The van der Waals surface area contributed by atoms with Crippen LogP contribution in [0.3, 0.4) is 0 Å². The Morgan fingerprint density at radius 1 is 1.04 bits per heavy atom. The highest BCUT2D eigenvalue weighted by molar-refractivity contribution is 7.80. The Morgan fingerprint density at radius 3 is 1.96 bits per heavy atom. The topological polar surface area (TPSA) is 40.5 Å². The zero-order chi connectivity index (χ0) is 18.8. The van der Waals surface area contributed by atoms with Crippen molar-refractivity contribution >= 4 is 23.7 Å². The van der Waals surface area contributed by atoms with Gasteiger partial charge >= 0.3 is 0 Å². The lowest BCUT2D eigenvalue weighted by Crippen LogP contribution is -2.30. The first-order chi connectivity index (χ1) is 11.6. The number of hydrogen-bond acceptors (Lipinski definition) is 3. The molecule has 1 atom stereocenters. The van der Waals surface area contributed by atoms with Crippen LogP contribution in [0.25, 0.3) is 0 Å². The summed E-state index contributed by atoms with van der Waals surface area (Å²) in [6.07, 6.45) is 5.51. The van der Waals surface area contributed by atoms with Gasteiger partial charge in [0, 0.05) is 0 Å². The van der Waals surface area contributed by atoms with Gasteiger partial charge in [0.05, 0.1) is 4.90 Å². The Balaban J connectivity index is 0. The van der Waals surface area contributed by atoms with E-state index in [2.05, 4.69) is 17.5 Å². The molecule has 0 saturated carbocycles. The van der Waals surface area contributed by atoms with Crippen molar-refractivity contribution in [1.29, 1.82) is 0 Å². The van der Waals surface area contributed by atoms with Crippen LogP contribution < -0.4 is 0 Å². The molecule has 1 saturated heterocycles. The molecule has 0 aliphatic carbocycles. The van der Waals surface area contributed by atoms with Crippen LogP contribution in [0.15, 0.2) is 29.2 Å². The van der Waals surface area contributed by atoms with Crippen LogP contribution in [-0.4, -0.2) is 39.0 Å². The molecule has 5 heteroatoms. The minimum atomic E-state index is -1.84. The molecule has 2 rings (SSSR count). The number of likely N-dealkylation sites (tertiary alicyclic amines) is 1. The maximum absolute atomic E-state index is 10.4. The van der Waals surface area contributed by atoms with Crippen molar-refractivity contribution in [3.05, 3.63) is 29.8 Å². The molecule has 0 spiro atoms. The SMILES string of the molecule is CC.CC.Cc1ccc(S(=O)O)cc1.SCCCN1CCCCC1. The summed E-state index contributed by atoms with van der Waals surface area (Å²) >= 11 is 2.36. The standard InChI is InChI=1S/C8H17NS.C7H8O2S.2C2H6/c10-8-4-7-9-5-2-1-3-6-9;1-6-2-4-7(5-3-6)10(8)9;2*1-2/h10H,1-8H2;2-5H,1H3,(H,8,9);2*1-2H3. The Kier molecular flexibility index (Phi) is 20.5. The zero-order valence-electron chi connectivity index (χ0n) is 16.1. The molecule has 1 aliphatic rings. The summed E-state index contributed by atoms with van der Waals surface area (Å²) in [6, 6.07) is 6.91. The van der Waals surface area contributed by atoms with Crippen LogP contribution in [0.5, 0.6) is 0 Å². The average Bonchev–Trinajstić information content (AvgIpc) is 2.65. The first-order valence-electron chi connectivity index (χ1n) is 9.14. The van der Waals surface area contributed by atoms with Crippen LogP contribution in [0.1, 0.15) is 58.9 Å². The van der Waals surface area contributed by atoms with Gasteiger partial charge in [-0.25, -0.2) is 4.21 Å². The van der Waals surface area contributed by atoms with E-state index in [0.717, 1.165) is 11.3 Å². The summed E-state index contributed by atoms with van der Waals surface area (Å²) in [5.41, 5.74) is 1.09. The van der Waals surface area contributed by atoms with Crippen molar-refractivity contribution in [1.82, 2.24) is 4.90 Å². The zero-order valence-corrected chi connectivity index (χ0v) is 17.8. The second kappa shape index (κ2) is 19.0. The molecule has 142 valence electrons. The lowest BCUT2D eigenvalue weighted by Gasteiger charge is -2.25. The molecule has 1 aliphatic heterocycles. The summed E-state index contributed by atoms with van der Waals surface area (Å²) in [6.45, 7) is 13.9. The normalized spacial score (nSPS) is 14.8. The van der Waals surface area contributed by atoms with Crippen molar-refractivity contribution in [2.45, 2.75) is 65.2 Å². The average molecular weight is 376 g/mol. The maximum atomic E-state index is 10.4. The Bertz CT molecular complexity index is 391. The van der Waals surface area contributed by atoms with E-state index in [4.69, 9.17) is 4.55 Å². The van der Waals surface area contributed by atoms with Crippen LogP contribution in [0.4, 0.5) is 0 Å². The van der Waals surface area contributed by atoms with Gasteiger partial charge < -0.3 is 9.45 Å². The summed E-state index contributed by atoms with van der Waals surface area (Å²) in [4.78, 5) is 3.00. The van der Waals surface area contributed by atoms with E-state index >= 15 is 0 Å². The highest BCUT2D eigenvalue weighted by atomic mass is 32.2. The number of rotatable bonds is 4. The minimum absolute atomic E-state index is 0.450. The highest BCUT2D eigenvalue weighted by Crippen LogP contribution is 2.08. The third kappa shape index (κ3) is 14.0. The molecule has 1 fully saturated rings. The number of hydrogen-bond donors (Lipinski definition) is 2. The first kappa shape index (κ1) is 25.9. The molecule has 1 aromatic carbocycles. The van der Waals surface area contributed by atoms with Crippen molar-refractivity contribution in [3.63, 3.8) is 0 Å². The van der Waals surface area contributed by atoms with Crippen molar-refractivity contribution < 1.29 is 8.76 Å². The van der Waals surface area contributed by atoms with E-state index < -0.39 is 11.1 Å². The van der Waals surface area contributed by atoms with Gasteiger partial charge in [-0.2, -0.15) is 12.6 Å². The van der Waals surface area contributed by atoms with Crippen LogP contribution in [0, 0.1) is 6.92 Å². The van der Waals surface area contributed by atoms with E-state index in [1.165, 1.54) is 45.3 Å². The second-order valence-corrected chi connectivity index (χ2v) is 6.46.